The van der Waals surface area contributed by atoms with Crippen molar-refractivity contribution in [3.8, 4) is 0 Å². The minimum absolute atomic E-state index is 0.000393. The van der Waals surface area contributed by atoms with Crippen LogP contribution in [-0.4, -0.2) is 37.0 Å². The number of aliphatic hydroxyl groups is 1. The van der Waals surface area contributed by atoms with Gasteiger partial charge >= 0.3 is 0 Å². The molecule has 0 unspecified atom stereocenters. The number of aryl methyl sites for hydroxylation is 1. The van der Waals surface area contributed by atoms with E-state index in [-0.39, 0.29) is 16.5 Å². The van der Waals surface area contributed by atoms with Crippen LogP contribution in [0.25, 0.3) is 0 Å². The van der Waals surface area contributed by atoms with Gasteiger partial charge in [-0.3, -0.25) is 0 Å². The van der Waals surface area contributed by atoms with Gasteiger partial charge in [-0.25, -0.2) is 8.42 Å². The van der Waals surface area contributed by atoms with Gasteiger partial charge in [0.2, 0.25) is 10.0 Å². The summed E-state index contributed by atoms with van der Waals surface area (Å²) >= 11 is 6.02. The van der Waals surface area contributed by atoms with E-state index < -0.39 is 15.6 Å². The third-order valence-electron chi connectivity index (χ3n) is 2.45. The van der Waals surface area contributed by atoms with E-state index in [0.29, 0.717) is 5.56 Å². The monoisotopic (exact) mass is 291 g/mol. The Labute approximate surface area is 113 Å². The molecule has 0 saturated heterocycles. The van der Waals surface area contributed by atoms with Crippen molar-refractivity contribution in [2.45, 2.75) is 31.3 Å². The molecule has 1 aromatic carbocycles. The fraction of sp³-hybridized carbons (Fsp3) is 0.500. The molecule has 0 heterocycles. The fourth-order valence-corrected chi connectivity index (χ4v) is 3.50. The second-order valence-corrected chi connectivity index (χ2v) is 7.35. The van der Waals surface area contributed by atoms with Crippen LogP contribution < -0.4 is 0 Å². The molecule has 0 radical (unpaired) electrons. The molecule has 1 N–H and O–H groups in total. The van der Waals surface area contributed by atoms with Crippen LogP contribution in [0.4, 0.5) is 0 Å². The molecule has 6 heteroatoms. The first kappa shape index (κ1) is 15.4. The molecule has 18 heavy (non-hydrogen) atoms. The summed E-state index contributed by atoms with van der Waals surface area (Å²) in [6, 6.07) is 4.86. The zero-order valence-electron chi connectivity index (χ0n) is 10.9. The van der Waals surface area contributed by atoms with E-state index >= 15 is 0 Å². The maximum Gasteiger partial charge on any atom is 0.244 e. The van der Waals surface area contributed by atoms with Crippen molar-refractivity contribution in [2.75, 3.05) is 13.6 Å². The highest BCUT2D eigenvalue weighted by molar-refractivity contribution is 7.89. The molecular formula is C12H18ClNO3S. The predicted octanol–water partition coefficient (Wildman–Crippen LogP) is 2.04. The summed E-state index contributed by atoms with van der Waals surface area (Å²) in [6.45, 7) is 4.85. The Morgan fingerprint density at radius 2 is 1.94 bits per heavy atom. The number of hydrogen-bond donors (Lipinski definition) is 1. The topological polar surface area (TPSA) is 57.6 Å². The number of halogens is 1. The van der Waals surface area contributed by atoms with Crippen LogP contribution in [0.5, 0.6) is 0 Å². The Bertz CT molecular complexity index is 535. The lowest BCUT2D eigenvalue weighted by Gasteiger charge is -2.25. The highest BCUT2D eigenvalue weighted by Crippen LogP contribution is 2.27. The zero-order chi connectivity index (χ0) is 14.1. The van der Waals surface area contributed by atoms with Gasteiger partial charge in [-0.05, 0) is 32.4 Å². The Morgan fingerprint density at radius 3 is 2.44 bits per heavy atom. The summed E-state index contributed by atoms with van der Waals surface area (Å²) in [4.78, 5) is 0.0657. The zero-order valence-corrected chi connectivity index (χ0v) is 12.5. The van der Waals surface area contributed by atoms with Crippen molar-refractivity contribution in [3.63, 3.8) is 0 Å². The minimum atomic E-state index is -3.68. The van der Waals surface area contributed by atoms with Gasteiger partial charge < -0.3 is 5.11 Å². The van der Waals surface area contributed by atoms with Gasteiger partial charge in [0.05, 0.1) is 10.6 Å². The molecule has 0 fully saturated rings. The lowest BCUT2D eigenvalue weighted by atomic mass is 10.1. The number of hydrogen-bond acceptors (Lipinski definition) is 3. The number of sulfonamides is 1. The standard InChI is InChI=1S/C12H18ClNO3S/c1-9-6-5-7-10(11(9)13)18(16,17)14(4)8-12(2,3)15/h5-7,15H,8H2,1-4H3. The van der Waals surface area contributed by atoms with Crippen molar-refractivity contribution < 1.29 is 13.5 Å². The molecule has 0 spiro atoms. The van der Waals surface area contributed by atoms with E-state index in [4.69, 9.17) is 11.6 Å². The molecular weight excluding hydrogens is 274 g/mol. The first-order valence-electron chi connectivity index (χ1n) is 5.49. The van der Waals surface area contributed by atoms with E-state index in [1.54, 1.807) is 32.9 Å². The van der Waals surface area contributed by atoms with Crippen molar-refractivity contribution >= 4 is 21.6 Å². The molecule has 0 aromatic heterocycles. The largest absolute Gasteiger partial charge is 0.389 e. The van der Waals surface area contributed by atoms with E-state index in [9.17, 15) is 13.5 Å². The number of rotatable bonds is 4. The van der Waals surface area contributed by atoms with Crippen LogP contribution in [0.15, 0.2) is 23.1 Å². The highest BCUT2D eigenvalue weighted by Gasteiger charge is 2.28. The second-order valence-electron chi connectivity index (χ2n) is 4.96. The fourth-order valence-electron chi connectivity index (χ4n) is 1.62. The van der Waals surface area contributed by atoms with Gasteiger partial charge in [-0.1, -0.05) is 23.7 Å². The third kappa shape index (κ3) is 3.45. The maximum atomic E-state index is 12.3. The number of benzene rings is 1. The van der Waals surface area contributed by atoms with E-state index in [2.05, 4.69) is 0 Å². The Morgan fingerprint density at radius 1 is 1.39 bits per heavy atom. The van der Waals surface area contributed by atoms with Gasteiger partial charge in [-0.15, -0.1) is 0 Å². The maximum absolute atomic E-state index is 12.3. The van der Waals surface area contributed by atoms with Crippen molar-refractivity contribution in [3.05, 3.63) is 28.8 Å². The highest BCUT2D eigenvalue weighted by atomic mass is 35.5. The second kappa shape index (κ2) is 5.17. The predicted molar refractivity (Wildman–Crippen MR) is 72.3 cm³/mol. The van der Waals surface area contributed by atoms with Crippen molar-refractivity contribution in [2.24, 2.45) is 0 Å². The number of likely N-dealkylation sites (N-methyl/N-ethyl adjacent to an activating group) is 1. The van der Waals surface area contributed by atoms with E-state index in [0.717, 1.165) is 4.31 Å². The van der Waals surface area contributed by atoms with Gasteiger partial charge in [0, 0.05) is 13.6 Å². The van der Waals surface area contributed by atoms with E-state index in [1.165, 1.54) is 13.1 Å². The first-order chi connectivity index (χ1) is 8.05. The SMILES string of the molecule is Cc1cccc(S(=O)(=O)N(C)CC(C)(C)O)c1Cl. The van der Waals surface area contributed by atoms with Gasteiger partial charge in [0.1, 0.15) is 4.90 Å². The smallest absolute Gasteiger partial charge is 0.244 e. The molecule has 0 aliphatic carbocycles. The van der Waals surface area contributed by atoms with Crippen LogP contribution in [0.2, 0.25) is 5.02 Å². The molecule has 0 amide bonds. The summed E-state index contributed by atoms with van der Waals surface area (Å²) in [5, 5.41) is 9.91. The average Bonchev–Trinajstić information content (AvgIpc) is 2.19. The average molecular weight is 292 g/mol. The van der Waals surface area contributed by atoms with Gasteiger partial charge in [0.25, 0.3) is 0 Å². The molecule has 0 aliphatic heterocycles. The molecule has 0 saturated carbocycles. The van der Waals surface area contributed by atoms with Crippen LogP contribution in [0.3, 0.4) is 0 Å². The molecule has 102 valence electrons. The van der Waals surface area contributed by atoms with Gasteiger partial charge in [0.15, 0.2) is 0 Å². The first-order valence-corrected chi connectivity index (χ1v) is 7.31. The summed E-state index contributed by atoms with van der Waals surface area (Å²) in [5.74, 6) is 0. The van der Waals surface area contributed by atoms with Crippen LogP contribution in [0, 0.1) is 6.92 Å². The Balaban J connectivity index is 3.18. The van der Waals surface area contributed by atoms with Crippen molar-refractivity contribution in [1.82, 2.24) is 4.31 Å². The van der Waals surface area contributed by atoms with Gasteiger partial charge in [-0.2, -0.15) is 4.31 Å². The Hall–Kier alpha value is -0.620. The summed E-state index contributed by atoms with van der Waals surface area (Å²) in [6.07, 6.45) is 0. The molecule has 1 aromatic rings. The van der Waals surface area contributed by atoms with Crippen LogP contribution >= 0.6 is 11.6 Å². The molecule has 4 nitrogen and oxygen atoms in total. The minimum Gasteiger partial charge on any atom is -0.389 e. The van der Waals surface area contributed by atoms with E-state index in [1.807, 2.05) is 0 Å². The normalized spacial score (nSPS) is 13.1. The molecule has 0 atom stereocenters. The lowest BCUT2D eigenvalue weighted by Crippen LogP contribution is -2.39. The molecule has 0 bridgehead atoms. The molecule has 1 rings (SSSR count). The third-order valence-corrected chi connectivity index (χ3v) is 4.91. The summed E-state index contributed by atoms with van der Waals surface area (Å²) in [7, 11) is -2.26. The Kier molecular flexibility index (Phi) is 4.43. The summed E-state index contributed by atoms with van der Waals surface area (Å²) in [5.41, 5.74) is -0.396. The van der Waals surface area contributed by atoms with Crippen LogP contribution in [0.1, 0.15) is 19.4 Å². The number of nitrogens with zero attached hydrogens (tertiary/aromatic N) is 1. The van der Waals surface area contributed by atoms with Crippen LogP contribution in [-0.2, 0) is 10.0 Å². The molecule has 0 aliphatic rings. The lowest BCUT2D eigenvalue weighted by molar-refractivity contribution is 0.0640. The van der Waals surface area contributed by atoms with Crippen molar-refractivity contribution in [1.29, 1.82) is 0 Å². The summed E-state index contributed by atoms with van der Waals surface area (Å²) < 4.78 is 25.7. The quantitative estimate of drug-likeness (QED) is 0.923.